The Kier molecular flexibility index (Phi) is 5.20. The molecular formula is C15H15ClF2N2O3. The molecule has 1 N–H and O–H groups in total. The van der Waals surface area contributed by atoms with E-state index in [9.17, 15) is 13.6 Å². The summed E-state index contributed by atoms with van der Waals surface area (Å²) in [5.41, 5.74) is 0.674. The molecule has 2 rings (SSSR count). The summed E-state index contributed by atoms with van der Waals surface area (Å²) in [5.74, 6) is -2.93. The van der Waals surface area contributed by atoms with Crippen LogP contribution < -0.4 is 4.74 Å². The molecule has 0 fully saturated rings. The molecular weight excluding hydrogens is 330 g/mol. The first-order valence-corrected chi connectivity index (χ1v) is 7.25. The third-order valence-corrected chi connectivity index (χ3v) is 3.54. The van der Waals surface area contributed by atoms with Gasteiger partial charge in [-0.3, -0.25) is 4.68 Å². The number of nitrogens with zero attached hydrogens (tertiary/aromatic N) is 2. The Labute approximate surface area is 136 Å². The number of hydrogen-bond acceptors (Lipinski definition) is 3. The van der Waals surface area contributed by atoms with Gasteiger partial charge < -0.3 is 9.84 Å². The third-order valence-electron chi connectivity index (χ3n) is 3.18. The van der Waals surface area contributed by atoms with E-state index < -0.39 is 17.6 Å². The van der Waals surface area contributed by atoms with Crippen molar-refractivity contribution in [1.29, 1.82) is 0 Å². The second-order valence-corrected chi connectivity index (χ2v) is 5.55. The number of benzene rings is 1. The maximum atomic E-state index is 13.3. The minimum Gasteiger partial charge on any atom is -0.490 e. The molecule has 0 unspecified atom stereocenters. The zero-order chi connectivity index (χ0) is 17.1. The van der Waals surface area contributed by atoms with Gasteiger partial charge in [0.15, 0.2) is 0 Å². The van der Waals surface area contributed by atoms with Gasteiger partial charge in [-0.25, -0.2) is 13.6 Å². The SMILES string of the molecule is CC(C)c1c(C(=O)O)cnn1CCOc1cc(F)cc(F)c1Cl. The maximum Gasteiger partial charge on any atom is 0.339 e. The van der Waals surface area contributed by atoms with Crippen LogP contribution in [0.25, 0.3) is 0 Å². The quantitative estimate of drug-likeness (QED) is 0.811. The van der Waals surface area contributed by atoms with Gasteiger partial charge in [0.2, 0.25) is 0 Å². The number of rotatable bonds is 6. The minimum atomic E-state index is -1.06. The van der Waals surface area contributed by atoms with Crippen molar-refractivity contribution in [3.8, 4) is 5.75 Å². The molecule has 0 spiro atoms. The molecule has 0 bridgehead atoms. The zero-order valence-electron chi connectivity index (χ0n) is 12.5. The zero-order valence-corrected chi connectivity index (χ0v) is 13.3. The fraction of sp³-hybridized carbons (Fsp3) is 0.333. The average Bonchev–Trinajstić information content (AvgIpc) is 2.88. The minimum absolute atomic E-state index is 0.0308. The lowest BCUT2D eigenvalue weighted by molar-refractivity contribution is 0.0695. The molecule has 5 nitrogen and oxygen atoms in total. The number of carbonyl (C=O) groups is 1. The molecule has 0 aliphatic heterocycles. The highest BCUT2D eigenvalue weighted by atomic mass is 35.5. The molecule has 1 aromatic carbocycles. The largest absolute Gasteiger partial charge is 0.490 e. The molecule has 0 amide bonds. The van der Waals surface area contributed by atoms with Crippen LogP contribution in [0, 0.1) is 11.6 Å². The summed E-state index contributed by atoms with van der Waals surface area (Å²) in [6, 6.07) is 1.65. The first kappa shape index (κ1) is 17.2. The van der Waals surface area contributed by atoms with E-state index in [1.807, 2.05) is 13.8 Å². The van der Waals surface area contributed by atoms with Crippen LogP contribution in [0.5, 0.6) is 5.75 Å². The molecule has 0 aliphatic rings. The normalized spacial score (nSPS) is 11.0. The van der Waals surface area contributed by atoms with Gasteiger partial charge in [-0.15, -0.1) is 0 Å². The number of carboxylic acid groups (broad SMARTS) is 1. The number of ether oxygens (including phenoxy) is 1. The summed E-state index contributed by atoms with van der Waals surface area (Å²) >= 11 is 5.71. The summed E-state index contributed by atoms with van der Waals surface area (Å²) in [4.78, 5) is 11.2. The molecule has 1 aromatic heterocycles. The number of aromatic carboxylic acids is 1. The Balaban J connectivity index is 2.12. The second-order valence-electron chi connectivity index (χ2n) is 5.17. The van der Waals surface area contributed by atoms with Crippen molar-refractivity contribution < 1.29 is 23.4 Å². The van der Waals surface area contributed by atoms with Crippen LogP contribution in [0.1, 0.15) is 35.8 Å². The van der Waals surface area contributed by atoms with Crippen molar-refractivity contribution in [2.75, 3.05) is 6.61 Å². The smallest absolute Gasteiger partial charge is 0.339 e. The lowest BCUT2D eigenvalue weighted by atomic mass is 10.1. The van der Waals surface area contributed by atoms with Crippen LogP contribution in [0.4, 0.5) is 8.78 Å². The van der Waals surface area contributed by atoms with Crippen LogP contribution in [0.2, 0.25) is 5.02 Å². The predicted molar refractivity (Wildman–Crippen MR) is 80.1 cm³/mol. The third kappa shape index (κ3) is 3.79. The Morgan fingerprint density at radius 3 is 2.74 bits per heavy atom. The molecule has 2 aromatic rings. The summed E-state index contributed by atoms with van der Waals surface area (Å²) in [7, 11) is 0. The maximum absolute atomic E-state index is 13.3. The molecule has 0 aliphatic carbocycles. The van der Waals surface area contributed by atoms with E-state index in [-0.39, 0.29) is 35.4 Å². The lowest BCUT2D eigenvalue weighted by Crippen LogP contribution is -2.15. The molecule has 1 heterocycles. The van der Waals surface area contributed by atoms with Crippen LogP contribution in [0.15, 0.2) is 18.3 Å². The Morgan fingerprint density at radius 1 is 1.43 bits per heavy atom. The fourth-order valence-corrected chi connectivity index (χ4v) is 2.39. The highest BCUT2D eigenvalue weighted by Crippen LogP contribution is 2.28. The average molecular weight is 345 g/mol. The van der Waals surface area contributed by atoms with E-state index in [0.717, 1.165) is 6.07 Å². The Morgan fingerprint density at radius 2 is 2.13 bits per heavy atom. The summed E-state index contributed by atoms with van der Waals surface area (Å²) in [5, 5.41) is 12.9. The van der Waals surface area contributed by atoms with Crippen LogP contribution in [-0.2, 0) is 6.54 Å². The van der Waals surface area contributed by atoms with Crippen LogP contribution >= 0.6 is 11.6 Å². The number of halogens is 3. The second kappa shape index (κ2) is 6.95. The van der Waals surface area contributed by atoms with Crippen molar-refractivity contribution in [3.63, 3.8) is 0 Å². The Hall–Kier alpha value is -2.15. The number of aromatic nitrogens is 2. The van der Waals surface area contributed by atoms with E-state index in [0.29, 0.717) is 11.8 Å². The molecule has 0 saturated carbocycles. The lowest BCUT2D eigenvalue weighted by Gasteiger charge is -2.13. The highest BCUT2D eigenvalue weighted by molar-refractivity contribution is 6.32. The van der Waals surface area contributed by atoms with Crippen molar-refractivity contribution >= 4 is 17.6 Å². The summed E-state index contributed by atoms with van der Waals surface area (Å²) in [6.45, 7) is 3.94. The predicted octanol–water partition coefficient (Wildman–Crippen LogP) is 3.72. The topological polar surface area (TPSA) is 64.3 Å². The van der Waals surface area contributed by atoms with Gasteiger partial charge in [0.1, 0.15) is 34.6 Å². The van der Waals surface area contributed by atoms with E-state index in [2.05, 4.69) is 5.10 Å². The van der Waals surface area contributed by atoms with E-state index in [1.165, 1.54) is 10.9 Å². The first-order valence-electron chi connectivity index (χ1n) is 6.87. The van der Waals surface area contributed by atoms with Gasteiger partial charge >= 0.3 is 5.97 Å². The number of hydrogen-bond donors (Lipinski definition) is 1. The molecule has 23 heavy (non-hydrogen) atoms. The monoisotopic (exact) mass is 344 g/mol. The molecule has 8 heteroatoms. The summed E-state index contributed by atoms with van der Waals surface area (Å²) in [6.07, 6.45) is 1.27. The van der Waals surface area contributed by atoms with E-state index in [4.69, 9.17) is 21.4 Å². The molecule has 0 saturated heterocycles. The van der Waals surface area contributed by atoms with Gasteiger partial charge in [-0.2, -0.15) is 5.10 Å². The molecule has 0 radical (unpaired) electrons. The number of carboxylic acids is 1. The van der Waals surface area contributed by atoms with Crippen molar-refractivity contribution in [1.82, 2.24) is 9.78 Å². The molecule has 0 atom stereocenters. The van der Waals surface area contributed by atoms with Crippen molar-refractivity contribution in [3.05, 3.63) is 46.2 Å². The first-order chi connectivity index (χ1) is 10.8. The van der Waals surface area contributed by atoms with Gasteiger partial charge in [0, 0.05) is 12.1 Å². The van der Waals surface area contributed by atoms with E-state index >= 15 is 0 Å². The highest BCUT2D eigenvalue weighted by Gasteiger charge is 2.19. The fourth-order valence-electron chi connectivity index (χ4n) is 2.23. The van der Waals surface area contributed by atoms with Gasteiger partial charge in [-0.05, 0) is 5.92 Å². The van der Waals surface area contributed by atoms with Crippen LogP contribution in [0.3, 0.4) is 0 Å². The molecule has 124 valence electrons. The van der Waals surface area contributed by atoms with Gasteiger partial charge in [-0.1, -0.05) is 25.4 Å². The van der Waals surface area contributed by atoms with Gasteiger partial charge in [0.25, 0.3) is 0 Å². The van der Waals surface area contributed by atoms with Crippen LogP contribution in [-0.4, -0.2) is 27.5 Å². The van der Waals surface area contributed by atoms with Gasteiger partial charge in [0.05, 0.1) is 18.4 Å². The summed E-state index contributed by atoms with van der Waals surface area (Å²) < 4.78 is 33.3. The van der Waals surface area contributed by atoms with E-state index in [1.54, 1.807) is 0 Å². The van der Waals surface area contributed by atoms with Crippen molar-refractivity contribution in [2.45, 2.75) is 26.3 Å². The van der Waals surface area contributed by atoms with Crippen molar-refractivity contribution in [2.24, 2.45) is 0 Å². The Bertz CT molecular complexity index is 732. The standard InChI is InChI=1S/C15H15ClF2N2O3/c1-8(2)14-10(15(21)22)7-19-20(14)3-4-23-12-6-9(17)5-11(18)13(12)16/h5-8H,3-4H2,1-2H3,(H,21,22).